The lowest BCUT2D eigenvalue weighted by Crippen LogP contribution is -2.35. The van der Waals surface area contributed by atoms with Crippen molar-refractivity contribution in [3.05, 3.63) is 12.0 Å². The number of aliphatic hydroxyl groups excluding tert-OH is 1. The number of aliphatic hydroxyl groups is 1. The van der Waals surface area contributed by atoms with Gasteiger partial charge in [0.15, 0.2) is 5.65 Å². The molecule has 0 unspecified atom stereocenters. The lowest BCUT2D eigenvalue weighted by Gasteiger charge is -2.28. The second-order valence-electron chi connectivity index (χ2n) is 5.53. The van der Waals surface area contributed by atoms with Gasteiger partial charge in [-0.15, -0.1) is 0 Å². The Morgan fingerprint density at radius 3 is 2.81 bits per heavy atom. The predicted octanol–water partition coefficient (Wildman–Crippen LogP) is 0.752. The first kappa shape index (κ1) is 14.2. The quantitative estimate of drug-likeness (QED) is 0.865. The minimum atomic E-state index is -0.154. The van der Waals surface area contributed by atoms with Crippen LogP contribution in [0.2, 0.25) is 0 Å². The molecular formula is C14H22N6O. The van der Waals surface area contributed by atoms with Gasteiger partial charge in [0.25, 0.3) is 0 Å². The monoisotopic (exact) mass is 290 g/mol. The number of piperidine rings is 1. The molecule has 1 fully saturated rings. The van der Waals surface area contributed by atoms with E-state index in [1.54, 1.807) is 10.9 Å². The van der Waals surface area contributed by atoms with Crippen LogP contribution in [-0.4, -0.2) is 55.5 Å². The Kier molecular flexibility index (Phi) is 4.03. The van der Waals surface area contributed by atoms with E-state index in [1.807, 2.05) is 7.05 Å². The summed E-state index contributed by atoms with van der Waals surface area (Å²) >= 11 is 0. The molecule has 114 valence electrons. The number of likely N-dealkylation sites (tertiary alicyclic amines) is 1. The van der Waals surface area contributed by atoms with Crippen molar-refractivity contribution in [3.8, 4) is 0 Å². The largest absolute Gasteiger partial charge is 0.393 e. The smallest absolute Gasteiger partial charge is 0.163 e. The maximum Gasteiger partial charge on any atom is 0.163 e. The second-order valence-corrected chi connectivity index (χ2v) is 5.53. The van der Waals surface area contributed by atoms with Crippen LogP contribution in [0.5, 0.6) is 0 Å². The zero-order valence-electron chi connectivity index (χ0n) is 12.6. The fourth-order valence-corrected chi connectivity index (χ4v) is 2.72. The van der Waals surface area contributed by atoms with Crippen LogP contribution in [0.15, 0.2) is 6.20 Å². The van der Waals surface area contributed by atoms with Gasteiger partial charge in [-0.2, -0.15) is 5.10 Å². The number of aryl methyl sites for hydroxylation is 1. The van der Waals surface area contributed by atoms with Gasteiger partial charge in [0.05, 0.1) is 24.2 Å². The summed E-state index contributed by atoms with van der Waals surface area (Å²) in [7, 11) is 1.89. The number of fused-ring (bicyclic) bond motifs is 1. The van der Waals surface area contributed by atoms with Crippen molar-refractivity contribution < 1.29 is 5.11 Å². The zero-order valence-corrected chi connectivity index (χ0v) is 12.6. The summed E-state index contributed by atoms with van der Waals surface area (Å²) in [6.07, 6.45) is 3.30. The van der Waals surface area contributed by atoms with Gasteiger partial charge < -0.3 is 10.4 Å². The molecule has 1 aliphatic rings. The molecule has 7 nitrogen and oxygen atoms in total. The van der Waals surface area contributed by atoms with Crippen molar-refractivity contribution in [3.63, 3.8) is 0 Å². The Labute approximate surface area is 124 Å². The van der Waals surface area contributed by atoms with Crippen LogP contribution in [0.3, 0.4) is 0 Å². The minimum absolute atomic E-state index is 0.154. The molecule has 1 saturated heterocycles. The molecular weight excluding hydrogens is 268 g/mol. The van der Waals surface area contributed by atoms with E-state index < -0.39 is 0 Å². The molecule has 21 heavy (non-hydrogen) atoms. The highest BCUT2D eigenvalue weighted by Gasteiger charge is 2.19. The van der Waals surface area contributed by atoms with Crippen molar-refractivity contribution in [2.45, 2.75) is 32.4 Å². The van der Waals surface area contributed by atoms with Gasteiger partial charge >= 0.3 is 0 Å². The highest BCUT2D eigenvalue weighted by molar-refractivity contribution is 5.86. The maximum atomic E-state index is 9.58. The Bertz CT molecular complexity index is 617. The number of hydrogen-bond donors (Lipinski definition) is 2. The first-order valence-corrected chi connectivity index (χ1v) is 7.50. The first-order chi connectivity index (χ1) is 10.2. The van der Waals surface area contributed by atoms with Gasteiger partial charge in [-0.05, 0) is 19.8 Å². The van der Waals surface area contributed by atoms with E-state index in [-0.39, 0.29) is 6.10 Å². The molecule has 2 aromatic rings. The van der Waals surface area contributed by atoms with E-state index in [4.69, 9.17) is 0 Å². The number of hydrogen-bond acceptors (Lipinski definition) is 6. The Morgan fingerprint density at radius 1 is 1.33 bits per heavy atom. The molecule has 0 radical (unpaired) electrons. The minimum Gasteiger partial charge on any atom is -0.393 e. The normalized spacial score (nSPS) is 17.5. The lowest BCUT2D eigenvalue weighted by molar-refractivity contribution is 0.0781. The molecule has 2 aromatic heterocycles. The van der Waals surface area contributed by atoms with Crippen molar-refractivity contribution in [1.82, 2.24) is 24.6 Å². The maximum absolute atomic E-state index is 9.58. The SMILES string of the molecule is CCNc1nc(CN2CCC(O)CC2)nc2c1cnn2C. The van der Waals surface area contributed by atoms with Crippen molar-refractivity contribution in [2.75, 3.05) is 25.0 Å². The number of nitrogens with zero attached hydrogens (tertiary/aromatic N) is 5. The van der Waals surface area contributed by atoms with E-state index in [0.717, 1.165) is 55.2 Å². The topological polar surface area (TPSA) is 79.1 Å². The zero-order chi connectivity index (χ0) is 14.8. The van der Waals surface area contributed by atoms with E-state index in [1.165, 1.54) is 0 Å². The van der Waals surface area contributed by atoms with Crippen LogP contribution < -0.4 is 5.32 Å². The molecule has 0 aliphatic carbocycles. The Balaban J connectivity index is 1.86. The third-order valence-electron chi connectivity index (χ3n) is 3.90. The summed E-state index contributed by atoms with van der Waals surface area (Å²) in [5.41, 5.74) is 0.855. The fourth-order valence-electron chi connectivity index (χ4n) is 2.72. The van der Waals surface area contributed by atoms with Crippen LogP contribution in [0.1, 0.15) is 25.6 Å². The molecule has 3 rings (SSSR count). The number of aromatic nitrogens is 4. The first-order valence-electron chi connectivity index (χ1n) is 7.50. The van der Waals surface area contributed by atoms with Gasteiger partial charge in [-0.3, -0.25) is 9.58 Å². The second kappa shape index (κ2) is 5.95. The van der Waals surface area contributed by atoms with E-state index in [0.29, 0.717) is 6.54 Å². The van der Waals surface area contributed by atoms with Crippen molar-refractivity contribution in [2.24, 2.45) is 7.05 Å². The van der Waals surface area contributed by atoms with Gasteiger partial charge in [-0.1, -0.05) is 0 Å². The molecule has 1 aliphatic heterocycles. The summed E-state index contributed by atoms with van der Waals surface area (Å²) in [6, 6.07) is 0. The van der Waals surface area contributed by atoms with Crippen LogP contribution in [0.4, 0.5) is 5.82 Å². The molecule has 0 saturated carbocycles. The molecule has 0 amide bonds. The average molecular weight is 290 g/mol. The summed E-state index contributed by atoms with van der Waals surface area (Å²) in [5, 5.41) is 18.1. The molecule has 2 N–H and O–H groups in total. The van der Waals surface area contributed by atoms with Gasteiger partial charge in [0.1, 0.15) is 11.6 Å². The lowest BCUT2D eigenvalue weighted by atomic mass is 10.1. The number of rotatable bonds is 4. The van der Waals surface area contributed by atoms with E-state index in [2.05, 4.69) is 32.2 Å². The third kappa shape index (κ3) is 2.98. The van der Waals surface area contributed by atoms with Gasteiger partial charge in [-0.25, -0.2) is 9.97 Å². The Morgan fingerprint density at radius 2 is 2.10 bits per heavy atom. The standard InChI is InChI=1S/C14H22N6O/c1-3-15-13-11-8-16-19(2)14(11)18-12(17-13)9-20-6-4-10(21)5-7-20/h8,10,21H,3-7,9H2,1-2H3,(H,15,17,18). The fraction of sp³-hybridized carbons (Fsp3) is 0.643. The molecule has 0 aromatic carbocycles. The highest BCUT2D eigenvalue weighted by Crippen LogP contribution is 2.20. The number of nitrogens with one attached hydrogen (secondary N) is 1. The van der Waals surface area contributed by atoms with E-state index in [9.17, 15) is 5.11 Å². The molecule has 0 bridgehead atoms. The van der Waals surface area contributed by atoms with Crippen LogP contribution in [-0.2, 0) is 13.6 Å². The van der Waals surface area contributed by atoms with Gasteiger partial charge in [0.2, 0.25) is 0 Å². The highest BCUT2D eigenvalue weighted by atomic mass is 16.3. The predicted molar refractivity (Wildman–Crippen MR) is 81.0 cm³/mol. The summed E-state index contributed by atoms with van der Waals surface area (Å²) < 4.78 is 1.78. The number of anilines is 1. The summed E-state index contributed by atoms with van der Waals surface area (Å²) in [5.74, 6) is 1.65. The van der Waals surface area contributed by atoms with Crippen LogP contribution >= 0.6 is 0 Å². The summed E-state index contributed by atoms with van der Waals surface area (Å²) in [6.45, 7) is 5.37. The molecule has 0 atom stereocenters. The van der Waals surface area contributed by atoms with Crippen LogP contribution in [0, 0.1) is 0 Å². The Hall–Kier alpha value is -1.73. The van der Waals surface area contributed by atoms with Crippen molar-refractivity contribution in [1.29, 1.82) is 0 Å². The average Bonchev–Trinajstić information content (AvgIpc) is 2.84. The summed E-state index contributed by atoms with van der Waals surface area (Å²) in [4.78, 5) is 11.6. The molecule has 7 heteroatoms. The van der Waals surface area contributed by atoms with Crippen molar-refractivity contribution >= 4 is 16.9 Å². The third-order valence-corrected chi connectivity index (χ3v) is 3.90. The van der Waals surface area contributed by atoms with Crippen LogP contribution in [0.25, 0.3) is 11.0 Å². The van der Waals surface area contributed by atoms with Gasteiger partial charge in [0, 0.05) is 26.7 Å². The molecule has 0 spiro atoms. The molecule has 3 heterocycles. The van der Waals surface area contributed by atoms with E-state index >= 15 is 0 Å².